The van der Waals surface area contributed by atoms with E-state index < -0.39 is 0 Å². The first-order valence-corrected chi connectivity index (χ1v) is 5.87. The second-order valence-corrected chi connectivity index (χ2v) is 4.02. The highest BCUT2D eigenvalue weighted by atomic mass is 16.5. The van der Waals surface area contributed by atoms with Crippen molar-refractivity contribution in [3.8, 4) is 23.3 Å². The Morgan fingerprint density at radius 1 is 1.05 bits per heavy atom. The fourth-order valence-electron chi connectivity index (χ4n) is 1.88. The van der Waals surface area contributed by atoms with Crippen LogP contribution in [-0.4, -0.2) is 35.0 Å². The summed E-state index contributed by atoms with van der Waals surface area (Å²) in [6.45, 7) is 0.396. The van der Waals surface area contributed by atoms with Crippen molar-refractivity contribution < 1.29 is 18.9 Å². The van der Waals surface area contributed by atoms with Gasteiger partial charge in [0.2, 0.25) is 5.75 Å². The summed E-state index contributed by atoms with van der Waals surface area (Å²) in [5, 5.41) is 9.06. The zero-order chi connectivity index (χ0) is 14.3. The van der Waals surface area contributed by atoms with Gasteiger partial charge in [-0.05, 0) is 24.1 Å². The number of nitrogens with zero attached hydrogens (tertiary/aromatic N) is 1. The lowest BCUT2D eigenvalue weighted by Gasteiger charge is -2.15. The molecule has 0 bridgehead atoms. The maximum absolute atomic E-state index is 9.06. The molecule has 0 fully saturated rings. The van der Waals surface area contributed by atoms with Crippen LogP contribution in [0, 0.1) is 17.2 Å². The first kappa shape index (κ1) is 15.1. The lowest BCUT2D eigenvalue weighted by Crippen LogP contribution is -2.09. The molecule has 5 heteroatoms. The molecule has 0 aromatic heterocycles. The predicted molar refractivity (Wildman–Crippen MR) is 70.8 cm³/mol. The van der Waals surface area contributed by atoms with Crippen LogP contribution in [0.25, 0.3) is 0 Å². The van der Waals surface area contributed by atoms with Crippen molar-refractivity contribution in [3.05, 3.63) is 17.7 Å². The van der Waals surface area contributed by atoms with Crippen molar-refractivity contribution in [1.82, 2.24) is 0 Å². The fourth-order valence-corrected chi connectivity index (χ4v) is 1.88. The summed E-state index contributed by atoms with van der Waals surface area (Å²) < 4.78 is 20.8. The number of hydrogen-bond acceptors (Lipinski definition) is 5. The second kappa shape index (κ2) is 7.49. The van der Waals surface area contributed by atoms with Gasteiger partial charge >= 0.3 is 0 Å². The molecule has 0 amide bonds. The molecule has 1 rings (SSSR count). The van der Waals surface area contributed by atoms with Gasteiger partial charge in [0.1, 0.15) is 0 Å². The van der Waals surface area contributed by atoms with E-state index in [9.17, 15) is 0 Å². The molecule has 0 saturated carbocycles. The van der Waals surface area contributed by atoms with E-state index in [0.717, 1.165) is 5.56 Å². The lowest BCUT2D eigenvalue weighted by molar-refractivity contribution is 0.172. The number of nitriles is 1. The van der Waals surface area contributed by atoms with E-state index in [1.807, 2.05) is 12.1 Å². The van der Waals surface area contributed by atoms with E-state index in [-0.39, 0.29) is 5.92 Å². The third kappa shape index (κ3) is 3.76. The van der Waals surface area contributed by atoms with Crippen LogP contribution in [0.15, 0.2) is 12.1 Å². The quantitative estimate of drug-likeness (QED) is 0.755. The van der Waals surface area contributed by atoms with Crippen LogP contribution in [0.3, 0.4) is 0 Å². The molecule has 1 aromatic carbocycles. The average Bonchev–Trinajstić information content (AvgIpc) is 2.45. The first-order valence-electron chi connectivity index (χ1n) is 5.87. The third-order valence-electron chi connectivity index (χ3n) is 2.76. The van der Waals surface area contributed by atoms with Crippen LogP contribution < -0.4 is 14.2 Å². The Morgan fingerprint density at radius 2 is 1.63 bits per heavy atom. The molecular formula is C14H19NO4. The van der Waals surface area contributed by atoms with Crippen molar-refractivity contribution in [2.45, 2.75) is 6.42 Å². The van der Waals surface area contributed by atoms with Crippen LogP contribution in [0.2, 0.25) is 0 Å². The number of hydrogen-bond donors (Lipinski definition) is 0. The molecular weight excluding hydrogens is 246 g/mol. The van der Waals surface area contributed by atoms with E-state index >= 15 is 0 Å². The number of ether oxygens (including phenoxy) is 4. The van der Waals surface area contributed by atoms with E-state index in [2.05, 4.69) is 6.07 Å². The fraction of sp³-hybridized carbons (Fsp3) is 0.500. The Hall–Kier alpha value is -1.93. The summed E-state index contributed by atoms with van der Waals surface area (Å²) in [5.74, 6) is 1.53. The normalized spacial score (nSPS) is 11.5. The number of benzene rings is 1. The molecule has 104 valence electrons. The van der Waals surface area contributed by atoms with Crippen LogP contribution in [0.5, 0.6) is 17.2 Å². The average molecular weight is 265 g/mol. The molecule has 1 unspecified atom stereocenters. The first-order chi connectivity index (χ1) is 9.19. The highest BCUT2D eigenvalue weighted by molar-refractivity contribution is 5.54. The van der Waals surface area contributed by atoms with Crippen molar-refractivity contribution in [1.29, 1.82) is 5.26 Å². The monoisotopic (exact) mass is 265 g/mol. The van der Waals surface area contributed by atoms with Gasteiger partial charge in [-0.1, -0.05) is 0 Å². The SMILES string of the molecule is COCC(C#N)Cc1cc(OC)c(OC)c(OC)c1. The largest absolute Gasteiger partial charge is 0.493 e. The van der Waals surface area contributed by atoms with Crippen molar-refractivity contribution in [3.63, 3.8) is 0 Å². The van der Waals surface area contributed by atoms with Gasteiger partial charge in [-0.15, -0.1) is 0 Å². The maximum Gasteiger partial charge on any atom is 0.203 e. The molecule has 1 atom stereocenters. The summed E-state index contributed by atoms with van der Waals surface area (Å²) in [7, 11) is 6.28. The Kier molecular flexibility index (Phi) is 5.97. The Bertz CT molecular complexity index is 428. The minimum atomic E-state index is -0.201. The minimum Gasteiger partial charge on any atom is -0.493 e. The van der Waals surface area contributed by atoms with Gasteiger partial charge in [-0.3, -0.25) is 0 Å². The van der Waals surface area contributed by atoms with E-state index in [0.29, 0.717) is 30.3 Å². The van der Waals surface area contributed by atoms with Gasteiger partial charge < -0.3 is 18.9 Å². The molecule has 0 N–H and O–H groups in total. The van der Waals surface area contributed by atoms with Gasteiger partial charge in [-0.2, -0.15) is 5.26 Å². The molecule has 1 aromatic rings. The predicted octanol–water partition coefficient (Wildman–Crippen LogP) is 2.04. The van der Waals surface area contributed by atoms with Crippen LogP contribution in [0.1, 0.15) is 5.56 Å². The Balaban J connectivity index is 3.06. The Morgan fingerprint density at radius 3 is 2.00 bits per heavy atom. The highest BCUT2D eigenvalue weighted by Gasteiger charge is 2.16. The van der Waals surface area contributed by atoms with E-state index in [1.165, 1.54) is 0 Å². The molecule has 0 aliphatic carbocycles. The molecule has 0 aliphatic heterocycles. The second-order valence-electron chi connectivity index (χ2n) is 4.02. The number of rotatable bonds is 7. The summed E-state index contributed by atoms with van der Waals surface area (Å²) in [4.78, 5) is 0. The standard InChI is InChI=1S/C14H19NO4/c1-16-9-11(8-15)5-10-6-12(17-2)14(19-4)13(7-10)18-3/h6-7,11H,5,9H2,1-4H3. The molecule has 0 heterocycles. The third-order valence-corrected chi connectivity index (χ3v) is 2.76. The molecule has 0 spiro atoms. The molecule has 19 heavy (non-hydrogen) atoms. The van der Waals surface area contributed by atoms with Gasteiger partial charge in [0.05, 0.1) is 39.9 Å². The van der Waals surface area contributed by atoms with Gasteiger partial charge in [-0.25, -0.2) is 0 Å². The topological polar surface area (TPSA) is 60.7 Å². The van der Waals surface area contributed by atoms with Gasteiger partial charge in [0, 0.05) is 7.11 Å². The molecule has 5 nitrogen and oxygen atoms in total. The van der Waals surface area contributed by atoms with Crippen molar-refractivity contribution in [2.24, 2.45) is 5.92 Å². The summed E-state index contributed by atoms with van der Waals surface area (Å²) in [5.41, 5.74) is 0.943. The summed E-state index contributed by atoms with van der Waals surface area (Å²) in [6.07, 6.45) is 0.570. The van der Waals surface area contributed by atoms with E-state index in [4.69, 9.17) is 24.2 Å². The summed E-state index contributed by atoms with van der Waals surface area (Å²) >= 11 is 0. The van der Waals surface area contributed by atoms with Crippen molar-refractivity contribution in [2.75, 3.05) is 35.0 Å². The maximum atomic E-state index is 9.06. The highest BCUT2D eigenvalue weighted by Crippen LogP contribution is 2.38. The molecule has 0 radical (unpaired) electrons. The van der Waals surface area contributed by atoms with Crippen LogP contribution in [0.4, 0.5) is 0 Å². The summed E-state index contributed by atoms with van der Waals surface area (Å²) in [6, 6.07) is 5.91. The zero-order valence-electron chi connectivity index (χ0n) is 11.7. The van der Waals surface area contributed by atoms with E-state index in [1.54, 1.807) is 28.4 Å². The van der Waals surface area contributed by atoms with Crippen LogP contribution in [-0.2, 0) is 11.2 Å². The Labute approximate surface area is 113 Å². The molecule has 0 saturated heterocycles. The number of methoxy groups -OCH3 is 4. The minimum absolute atomic E-state index is 0.201. The zero-order valence-corrected chi connectivity index (χ0v) is 11.7. The van der Waals surface area contributed by atoms with Crippen LogP contribution >= 0.6 is 0 Å². The lowest BCUT2D eigenvalue weighted by atomic mass is 10.0. The van der Waals surface area contributed by atoms with Crippen molar-refractivity contribution >= 4 is 0 Å². The smallest absolute Gasteiger partial charge is 0.203 e. The molecule has 0 aliphatic rings. The van der Waals surface area contributed by atoms with Gasteiger partial charge in [0.25, 0.3) is 0 Å². The van der Waals surface area contributed by atoms with Gasteiger partial charge in [0.15, 0.2) is 11.5 Å².